The van der Waals surface area contributed by atoms with Crippen molar-refractivity contribution in [2.45, 2.75) is 100.0 Å². The first kappa shape index (κ1) is 27.1. The van der Waals surface area contributed by atoms with Crippen molar-refractivity contribution >= 4 is 5.78 Å². The van der Waals surface area contributed by atoms with Gasteiger partial charge in [-0.25, -0.2) is 0 Å². The average Bonchev–Trinajstić information content (AvgIpc) is 2.55. The molecule has 0 saturated heterocycles. The summed E-state index contributed by atoms with van der Waals surface area (Å²) in [6.45, 7) is 17.7. The van der Waals surface area contributed by atoms with Crippen molar-refractivity contribution in [2.24, 2.45) is 0 Å². The SMILES string of the molecule is CC.CC.CC.CC.CNC1(C(C)=O)CCCCC1. The lowest BCUT2D eigenvalue weighted by atomic mass is 9.79. The van der Waals surface area contributed by atoms with Gasteiger partial charge in [-0.05, 0) is 26.8 Å². The highest BCUT2D eigenvalue weighted by Gasteiger charge is 2.34. The second-order valence-electron chi connectivity index (χ2n) is 3.45. The number of hydrogen-bond acceptors (Lipinski definition) is 2. The highest BCUT2D eigenvalue weighted by molar-refractivity contribution is 5.86. The van der Waals surface area contributed by atoms with Crippen LogP contribution in [0.2, 0.25) is 0 Å². The van der Waals surface area contributed by atoms with Gasteiger partial charge >= 0.3 is 0 Å². The van der Waals surface area contributed by atoms with Crippen molar-refractivity contribution in [3.8, 4) is 0 Å². The van der Waals surface area contributed by atoms with Crippen LogP contribution in [0.3, 0.4) is 0 Å². The standard InChI is InChI=1S/C9H17NO.4C2H6/c1-8(11)9(10-2)6-4-3-5-7-9;4*1-2/h10H,3-7H2,1-2H3;4*1-2H3. The zero-order valence-corrected chi connectivity index (χ0v) is 15.4. The van der Waals surface area contributed by atoms with Crippen LogP contribution >= 0.6 is 0 Å². The van der Waals surface area contributed by atoms with Crippen LogP contribution in [0, 0.1) is 0 Å². The van der Waals surface area contributed by atoms with E-state index in [0.29, 0.717) is 5.78 Å². The molecule has 1 saturated carbocycles. The molecule has 2 nitrogen and oxygen atoms in total. The third kappa shape index (κ3) is 12.4. The summed E-state index contributed by atoms with van der Waals surface area (Å²) in [6.07, 6.45) is 5.73. The normalized spacial score (nSPS) is 14.6. The molecule has 1 fully saturated rings. The Kier molecular flexibility index (Phi) is 32.4. The molecule has 2 heteroatoms. The number of likely N-dealkylation sites (N-methyl/N-ethyl adjacent to an activating group) is 1. The first-order valence-corrected chi connectivity index (χ1v) is 8.41. The number of ketones is 1. The maximum absolute atomic E-state index is 11.3. The summed E-state index contributed by atoms with van der Waals surface area (Å²) in [5.74, 6) is 0.305. The zero-order valence-electron chi connectivity index (χ0n) is 15.4. The predicted molar refractivity (Wildman–Crippen MR) is 90.9 cm³/mol. The van der Waals surface area contributed by atoms with Crippen molar-refractivity contribution in [1.29, 1.82) is 0 Å². The first-order valence-electron chi connectivity index (χ1n) is 8.41. The molecule has 1 rings (SSSR count). The largest absolute Gasteiger partial charge is 0.308 e. The van der Waals surface area contributed by atoms with Crippen LogP contribution in [0.5, 0.6) is 0 Å². The van der Waals surface area contributed by atoms with Gasteiger partial charge in [0, 0.05) is 0 Å². The molecule has 0 aromatic rings. The fourth-order valence-electron chi connectivity index (χ4n) is 1.93. The van der Waals surface area contributed by atoms with E-state index < -0.39 is 0 Å². The number of nitrogens with one attached hydrogen (secondary N) is 1. The lowest BCUT2D eigenvalue weighted by Crippen LogP contribution is -2.50. The van der Waals surface area contributed by atoms with Crippen LogP contribution in [-0.4, -0.2) is 18.4 Å². The molecule has 1 aliphatic rings. The molecule has 0 heterocycles. The Morgan fingerprint density at radius 3 is 1.26 bits per heavy atom. The Morgan fingerprint density at radius 1 is 0.789 bits per heavy atom. The average molecular weight is 276 g/mol. The number of carbonyl (C=O) groups excluding carboxylic acids is 1. The maximum atomic E-state index is 11.3. The summed E-state index contributed by atoms with van der Waals surface area (Å²) < 4.78 is 0. The molecule has 0 aromatic carbocycles. The Bertz CT molecular complexity index is 149. The third-order valence-corrected chi connectivity index (χ3v) is 2.86. The Labute approximate surface area is 123 Å². The molecular formula is C17H41NO. The Hall–Kier alpha value is -0.370. The smallest absolute Gasteiger partial charge is 0.149 e. The second kappa shape index (κ2) is 22.8. The fourth-order valence-corrected chi connectivity index (χ4v) is 1.93. The number of hydrogen-bond donors (Lipinski definition) is 1. The molecule has 0 amide bonds. The Morgan fingerprint density at radius 2 is 1.11 bits per heavy atom. The summed E-state index contributed by atoms with van der Waals surface area (Å²) in [5, 5.41) is 3.17. The van der Waals surface area contributed by atoms with Crippen LogP contribution < -0.4 is 5.32 Å². The van der Waals surface area contributed by atoms with Crippen molar-refractivity contribution in [2.75, 3.05) is 7.05 Å². The van der Waals surface area contributed by atoms with Gasteiger partial charge in [0.2, 0.25) is 0 Å². The van der Waals surface area contributed by atoms with Crippen molar-refractivity contribution < 1.29 is 4.79 Å². The monoisotopic (exact) mass is 275 g/mol. The molecule has 120 valence electrons. The van der Waals surface area contributed by atoms with E-state index in [1.165, 1.54) is 19.3 Å². The van der Waals surface area contributed by atoms with Gasteiger partial charge in [-0.1, -0.05) is 74.7 Å². The van der Waals surface area contributed by atoms with E-state index in [4.69, 9.17) is 0 Å². The maximum Gasteiger partial charge on any atom is 0.149 e. The molecule has 1 aliphatic carbocycles. The summed E-state index contributed by atoms with van der Waals surface area (Å²) in [4.78, 5) is 11.3. The van der Waals surface area contributed by atoms with Crippen LogP contribution in [0.4, 0.5) is 0 Å². The molecule has 0 radical (unpaired) electrons. The summed E-state index contributed by atoms with van der Waals surface area (Å²) in [7, 11) is 1.90. The molecule has 0 bridgehead atoms. The molecular weight excluding hydrogens is 234 g/mol. The van der Waals surface area contributed by atoms with Crippen LogP contribution in [0.25, 0.3) is 0 Å². The van der Waals surface area contributed by atoms with Crippen LogP contribution in [0.15, 0.2) is 0 Å². The van der Waals surface area contributed by atoms with Gasteiger partial charge < -0.3 is 5.32 Å². The summed E-state index contributed by atoms with van der Waals surface area (Å²) >= 11 is 0. The molecule has 1 N–H and O–H groups in total. The highest BCUT2D eigenvalue weighted by Crippen LogP contribution is 2.28. The molecule has 0 aromatic heterocycles. The summed E-state index contributed by atoms with van der Waals surface area (Å²) in [6, 6.07) is 0. The molecule has 0 atom stereocenters. The van der Waals surface area contributed by atoms with Gasteiger partial charge in [-0.3, -0.25) is 4.79 Å². The van der Waals surface area contributed by atoms with Crippen LogP contribution in [-0.2, 0) is 4.79 Å². The van der Waals surface area contributed by atoms with Gasteiger partial charge in [0.1, 0.15) is 5.78 Å². The van der Waals surface area contributed by atoms with E-state index in [9.17, 15) is 4.79 Å². The van der Waals surface area contributed by atoms with Gasteiger partial charge in [0.05, 0.1) is 5.54 Å². The van der Waals surface area contributed by atoms with Gasteiger partial charge in [-0.2, -0.15) is 0 Å². The van der Waals surface area contributed by atoms with E-state index in [2.05, 4.69) is 5.32 Å². The van der Waals surface area contributed by atoms with Gasteiger partial charge in [0.15, 0.2) is 0 Å². The fraction of sp³-hybridized carbons (Fsp3) is 0.941. The first-order chi connectivity index (χ1) is 9.21. The zero-order chi connectivity index (χ0) is 16.3. The molecule has 0 spiro atoms. The van der Waals surface area contributed by atoms with E-state index in [0.717, 1.165) is 12.8 Å². The predicted octanol–water partition coefficient (Wildman–Crippen LogP) is 5.60. The van der Waals surface area contributed by atoms with E-state index >= 15 is 0 Å². The minimum atomic E-state index is -0.168. The molecule has 19 heavy (non-hydrogen) atoms. The highest BCUT2D eigenvalue weighted by atomic mass is 16.1. The van der Waals surface area contributed by atoms with Crippen molar-refractivity contribution in [3.63, 3.8) is 0 Å². The lowest BCUT2D eigenvalue weighted by Gasteiger charge is -2.34. The van der Waals surface area contributed by atoms with E-state index in [1.807, 2.05) is 62.4 Å². The van der Waals surface area contributed by atoms with Gasteiger partial charge in [-0.15, -0.1) is 0 Å². The molecule has 0 aliphatic heterocycles. The van der Waals surface area contributed by atoms with Crippen LogP contribution in [0.1, 0.15) is 94.4 Å². The minimum absolute atomic E-state index is 0.168. The topological polar surface area (TPSA) is 29.1 Å². The van der Waals surface area contributed by atoms with E-state index in [1.54, 1.807) is 6.92 Å². The molecule has 0 unspecified atom stereocenters. The number of carbonyl (C=O) groups is 1. The van der Waals surface area contributed by atoms with Crippen molar-refractivity contribution in [3.05, 3.63) is 0 Å². The quantitative estimate of drug-likeness (QED) is 0.710. The number of rotatable bonds is 2. The lowest BCUT2D eigenvalue weighted by molar-refractivity contribution is -0.124. The second-order valence-corrected chi connectivity index (χ2v) is 3.45. The van der Waals surface area contributed by atoms with Gasteiger partial charge in [0.25, 0.3) is 0 Å². The number of Topliss-reactive ketones (excluding diaryl/α,β-unsaturated/α-hetero) is 1. The Balaban J connectivity index is -0.000000121. The minimum Gasteiger partial charge on any atom is -0.308 e. The van der Waals surface area contributed by atoms with Crippen molar-refractivity contribution in [1.82, 2.24) is 5.32 Å². The third-order valence-electron chi connectivity index (χ3n) is 2.86. The van der Waals surface area contributed by atoms with E-state index in [-0.39, 0.29) is 5.54 Å². The summed E-state index contributed by atoms with van der Waals surface area (Å²) in [5.41, 5.74) is -0.168.